The number of rotatable bonds is 5. The molecule has 72 valence electrons. The summed E-state index contributed by atoms with van der Waals surface area (Å²) >= 11 is 1.72. The number of thioether (sulfide) groups is 1. The van der Waals surface area contributed by atoms with Crippen molar-refractivity contribution in [2.75, 3.05) is 12.0 Å². The molecule has 3 nitrogen and oxygen atoms in total. The summed E-state index contributed by atoms with van der Waals surface area (Å²) in [6.07, 6.45) is 2.44. The molecule has 2 atom stereocenters. The molecule has 0 aliphatic carbocycles. The second-order valence-electron chi connectivity index (χ2n) is 3.11. The fourth-order valence-corrected chi connectivity index (χ4v) is 1.50. The number of nitrogens with two attached hydrogens (primary N) is 1. The molecule has 4 heteroatoms. The predicted octanol–water partition coefficient (Wildman–Crippen LogP) is 0.591. The van der Waals surface area contributed by atoms with E-state index in [0.29, 0.717) is 6.42 Å². The molecule has 0 aromatic carbocycles. The topological polar surface area (TPSA) is 55.1 Å². The molecule has 0 aromatic rings. The van der Waals surface area contributed by atoms with Crippen molar-refractivity contribution in [2.45, 2.75) is 32.4 Å². The Hall–Kier alpha value is -0.220. The first kappa shape index (κ1) is 11.8. The van der Waals surface area contributed by atoms with Gasteiger partial charge in [0.05, 0.1) is 0 Å². The lowest BCUT2D eigenvalue weighted by Crippen LogP contribution is -2.37. The summed E-state index contributed by atoms with van der Waals surface area (Å²) in [5, 5.41) is 2.87. The minimum absolute atomic E-state index is 0.0477. The molecule has 0 saturated carbocycles. The first-order valence-electron chi connectivity index (χ1n) is 4.10. The molecule has 1 amide bonds. The van der Waals surface area contributed by atoms with Crippen LogP contribution in [0, 0.1) is 0 Å². The summed E-state index contributed by atoms with van der Waals surface area (Å²) in [7, 11) is 0. The monoisotopic (exact) mass is 190 g/mol. The van der Waals surface area contributed by atoms with Gasteiger partial charge in [-0.05, 0) is 20.1 Å². The van der Waals surface area contributed by atoms with Crippen LogP contribution in [0.2, 0.25) is 0 Å². The fourth-order valence-electron chi connectivity index (χ4n) is 0.918. The van der Waals surface area contributed by atoms with Crippen LogP contribution < -0.4 is 11.1 Å². The highest BCUT2D eigenvalue weighted by Gasteiger charge is 2.07. The van der Waals surface area contributed by atoms with Crippen molar-refractivity contribution in [1.29, 1.82) is 0 Å². The molecule has 0 aliphatic heterocycles. The Kier molecular flexibility index (Phi) is 6.20. The Balaban J connectivity index is 3.54. The predicted molar refractivity (Wildman–Crippen MR) is 54.3 cm³/mol. The molecule has 0 fully saturated rings. The number of amides is 1. The summed E-state index contributed by atoms with van der Waals surface area (Å²) < 4.78 is 0. The van der Waals surface area contributed by atoms with E-state index in [4.69, 9.17) is 5.73 Å². The smallest absolute Gasteiger partial charge is 0.221 e. The molecule has 12 heavy (non-hydrogen) atoms. The Morgan fingerprint density at radius 1 is 1.58 bits per heavy atom. The highest BCUT2D eigenvalue weighted by Crippen LogP contribution is 1.96. The van der Waals surface area contributed by atoms with Gasteiger partial charge in [-0.3, -0.25) is 4.79 Å². The van der Waals surface area contributed by atoms with Gasteiger partial charge in [0, 0.05) is 24.3 Å². The molecule has 3 N–H and O–H groups in total. The summed E-state index contributed by atoms with van der Waals surface area (Å²) in [4.78, 5) is 11.1. The lowest BCUT2D eigenvalue weighted by Gasteiger charge is -2.13. The highest BCUT2D eigenvalue weighted by atomic mass is 32.2. The van der Waals surface area contributed by atoms with Crippen molar-refractivity contribution in [2.24, 2.45) is 5.73 Å². The van der Waals surface area contributed by atoms with Gasteiger partial charge in [-0.1, -0.05) is 0 Å². The Bertz CT molecular complexity index is 139. The van der Waals surface area contributed by atoms with Crippen LogP contribution in [0.3, 0.4) is 0 Å². The lowest BCUT2D eigenvalue weighted by molar-refractivity contribution is -0.121. The number of hydrogen-bond acceptors (Lipinski definition) is 3. The van der Waals surface area contributed by atoms with Crippen LogP contribution >= 0.6 is 11.8 Å². The number of hydrogen-bond donors (Lipinski definition) is 2. The molecule has 0 aromatic heterocycles. The van der Waals surface area contributed by atoms with Crippen molar-refractivity contribution in [3.05, 3.63) is 0 Å². The van der Waals surface area contributed by atoms with Gasteiger partial charge in [0.1, 0.15) is 0 Å². The van der Waals surface area contributed by atoms with E-state index in [0.717, 1.165) is 5.75 Å². The maximum Gasteiger partial charge on any atom is 0.221 e. The van der Waals surface area contributed by atoms with E-state index >= 15 is 0 Å². The Morgan fingerprint density at radius 2 is 2.17 bits per heavy atom. The van der Waals surface area contributed by atoms with E-state index in [1.165, 1.54) is 0 Å². The zero-order chi connectivity index (χ0) is 9.56. The lowest BCUT2D eigenvalue weighted by atomic mass is 10.2. The van der Waals surface area contributed by atoms with Crippen molar-refractivity contribution < 1.29 is 4.79 Å². The van der Waals surface area contributed by atoms with E-state index < -0.39 is 0 Å². The number of carbonyl (C=O) groups excluding carboxylic acids is 1. The maximum absolute atomic E-state index is 11.1. The van der Waals surface area contributed by atoms with Crippen LogP contribution in [-0.4, -0.2) is 30.0 Å². The standard InChI is InChI=1S/C8H18N2OS/c1-6(9)4-8(11)10-7(2)5-12-3/h6-7H,4-5,9H2,1-3H3,(H,10,11). The summed E-state index contributed by atoms with van der Waals surface area (Å²) in [5.74, 6) is 0.997. The molecule has 0 spiro atoms. The van der Waals surface area contributed by atoms with Crippen molar-refractivity contribution >= 4 is 17.7 Å². The molecule has 2 unspecified atom stereocenters. The van der Waals surface area contributed by atoms with E-state index in [-0.39, 0.29) is 18.0 Å². The van der Waals surface area contributed by atoms with Gasteiger partial charge in [-0.25, -0.2) is 0 Å². The fraction of sp³-hybridized carbons (Fsp3) is 0.875. The summed E-state index contributed by atoms with van der Waals surface area (Å²) in [6, 6.07) is 0.192. The van der Waals surface area contributed by atoms with Gasteiger partial charge in [0.2, 0.25) is 5.91 Å². The van der Waals surface area contributed by atoms with Crippen LogP contribution in [0.15, 0.2) is 0 Å². The normalized spacial score (nSPS) is 15.3. The van der Waals surface area contributed by atoms with E-state index in [1.54, 1.807) is 11.8 Å². The van der Waals surface area contributed by atoms with E-state index in [1.807, 2.05) is 20.1 Å². The minimum Gasteiger partial charge on any atom is -0.353 e. The SMILES string of the molecule is CSCC(C)NC(=O)CC(C)N. The second-order valence-corrected chi connectivity index (χ2v) is 4.02. The van der Waals surface area contributed by atoms with Gasteiger partial charge >= 0.3 is 0 Å². The Labute approximate surface area is 78.5 Å². The van der Waals surface area contributed by atoms with Crippen LogP contribution in [0.1, 0.15) is 20.3 Å². The summed E-state index contributed by atoms with van der Waals surface area (Å²) in [5.41, 5.74) is 5.48. The van der Waals surface area contributed by atoms with E-state index in [2.05, 4.69) is 5.32 Å². The first-order valence-corrected chi connectivity index (χ1v) is 5.49. The highest BCUT2D eigenvalue weighted by molar-refractivity contribution is 7.98. The third-order valence-electron chi connectivity index (χ3n) is 1.33. The third-order valence-corrected chi connectivity index (χ3v) is 2.16. The molecular weight excluding hydrogens is 172 g/mol. The van der Waals surface area contributed by atoms with Crippen LogP contribution in [0.4, 0.5) is 0 Å². The molecular formula is C8H18N2OS. The largest absolute Gasteiger partial charge is 0.353 e. The van der Waals surface area contributed by atoms with Gasteiger partial charge in [0.25, 0.3) is 0 Å². The molecule has 0 rings (SSSR count). The third kappa shape index (κ3) is 6.49. The van der Waals surface area contributed by atoms with Crippen LogP contribution in [0.5, 0.6) is 0 Å². The molecule has 0 saturated heterocycles. The number of nitrogens with one attached hydrogen (secondary N) is 1. The summed E-state index contributed by atoms with van der Waals surface area (Å²) in [6.45, 7) is 3.83. The van der Waals surface area contributed by atoms with Crippen LogP contribution in [0.25, 0.3) is 0 Å². The number of carbonyl (C=O) groups is 1. The van der Waals surface area contributed by atoms with Crippen molar-refractivity contribution in [3.63, 3.8) is 0 Å². The van der Waals surface area contributed by atoms with E-state index in [9.17, 15) is 4.79 Å². The molecule has 0 bridgehead atoms. The second kappa shape index (κ2) is 6.31. The zero-order valence-corrected chi connectivity index (χ0v) is 8.78. The maximum atomic E-state index is 11.1. The molecule has 0 aliphatic rings. The zero-order valence-electron chi connectivity index (χ0n) is 7.96. The van der Waals surface area contributed by atoms with Gasteiger partial charge in [-0.2, -0.15) is 11.8 Å². The average molecular weight is 190 g/mol. The van der Waals surface area contributed by atoms with Gasteiger partial charge < -0.3 is 11.1 Å². The quantitative estimate of drug-likeness (QED) is 0.667. The first-order chi connectivity index (χ1) is 5.56. The minimum atomic E-state index is -0.0496. The Morgan fingerprint density at radius 3 is 2.58 bits per heavy atom. The van der Waals surface area contributed by atoms with Gasteiger partial charge in [-0.15, -0.1) is 0 Å². The van der Waals surface area contributed by atoms with Gasteiger partial charge in [0.15, 0.2) is 0 Å². The molecule has 0 radical (unpaired) electrons. The van der Waals surface area contributed by atoms with Crippen molar-refractivity contribution in [1.82, 2.24) is 5.32 Å². The van der Waals surface area contributed by atoms with Crippen LogP contribution in [-0.2, 0) is 4.79 Å². The molecule has 0 heterocycles. The average Bonchev–Trinajstić information content (AvgIpc) is 1.84. The van der Waals surface area contributed by atoms with Crippen molar-refractivity contribution in [3.8, 4) is 0 Å².